The highest BCUT2D eigenvalue weighted by atomic mass is 16.5. The van der Waals surface area contributed by atoms with E-state index < -0.39 is 0 Å². The third kappa shape index (κ3) is 3.53. The summed E-state index contributed by atoms with van der Waals surface area (Å²) in [6.07, 6.45) is 0. The molecule has 0 amide bonds. The van der Waals surface area contributed by atoms with Crippen LogP contribution in [0.1, 0.15) is 35.9 Å². The van der Waals surface area contributed by atoms with Crippen molar-refractivity contribution in [3.63, 3.8) is 0 Å². The van der Waals surface area contributed by atoms with Gasteiger partial charge in [0.15, 0.2) is 0 Å². The molecule has 1 unspecified atom stereocenters. The third-order valence-electron chi connectivity index (χ3n) is 5.73. The molecule has 140 valence electrons. The van der Waals surface area contributed by atoms with Gasteiger partial charge in [0.1, 0.15) is 0 Å². The van der Waals surface area contributed by atoms with Crippen LogP contribution >= 0.6 is 0 Å². The molecule has 1 fully saturated rings. The Morgan fingerprint density at radius 3 is 2.59 bits per heavy atom. The molecule has 2 heterocycles. The molecule has 3 aromatic rings. The van der Waals surface area contributed by atoms with Gasteiger partial charge >= 0.3 is 0 Å². The van der Waals surface area contributed by atoms with E-state index in [4.69, 9.17) is 10.3 Å². The fraction of sp³-hybridized carbons (Fsp3) is 0.364. The maximum atomic E-state index is 6.08. The third-order valence-corrected chi connectivity index (χ3v) is 5.73. The van der Waals surface area contributed by atoms with Gasteiger partial charge in [-0.3, -0.25) is 4.90 Å². The second kappa shape index (κ2) is 7.62. The van der Waals surface area contributed by atoms with Crippen LogP contribution < -0.4 is 5.73 Å². The molecule has 2 aromatic carbocycles. The van der Waals surface area contributed by atoms with Crippen LogP contribution in [0.15, 0.2) is 59.1 Å². The molecule has 1 aliphatic rings. The van der Waals surface area contributed by atoms with Crippen molar-refractivity contribution < 1.29 is 4.52 Å². The van der Waals surface area contributed by atoms with Crippen molar-refractivity contribution >= 4 is 0 Å². The second-order valence-electron chi connectivity index (χ2n) is 7.41. The van der Waals surface area contributed by atoms with E-state index in [0.29, 0.717) is 30.1 Å². The van der Waals surface area contributed by atoms with Gasteiger partial charge in [0.2, 0.25) is 11.7 Å². The number of nitrogens with zero attached hydrogens (tertiary/aromatic N) is 3. The minimum absolute atomic E-state index is 0.0676. The number of hydrogen-bond donors (Lipinski definition) is 1. The zero-order chi connectivity index (χ0) is 18.8. The number of aromatic nitrogens is 2. The van der Waals surface area contributed by atoms with Crippen molar-refractivity contribution in [3.05, 3.63) is 71.6 Å². The van der Waals surface area contributed by atoms with E-state index in [1.165, 1.54) is 5.56 Å². The van der Waals surface area contributed by atoms with Gasteiger partial charge in [-0.1, -0.05) is 59.8 Å². The van der Waals surface area contributed by atoms with Crippen LogP contribution in [0, 0.1) is 12.8 Å². The molecule has 1 aliphatic heterocycles. The van der Waals surface area contributed by atoms with E-state index in [1.807, 2.05) is 18.2 Å². The number of benzene rings is 2. The minimum atomic E-state index is 0.0676. The molecule has 3 atom stereocenters. The van der Waals surface area contributed by atoms with E-state index in [-0.39, 0.29) is 6.04 Å². The van der Waals surface area contributed by atoms with Gasteiger partial charge in [-0.25, -0.2) is 0 Å². The standard InChI is InChI=1S/C22H26N4O/c1-15-8-6-7-11-19(15)21-24-22(27-25-21)16(2)26-13-18(12-23)20(14-26)17-9-4-3-5-10-17/h3-11,16,18,20H,12-14,23H2,1-2H3/t16?,18-,20+/m1/s1. The van der Waals surface area contributed by atoms with Crippen molar-refractivity contribution in [1.82, 2.24) is 15.0 Å². The molecular weight excluding hydrogens is 336 g/mol. The van der Waals surface area contributed by atoms with Crippen molar-refractivity contribution in [1.29, 1.82) is 0 Å². The Morgan fingerprint density at radius 1 is 1.11 bits per heavy atom. The average Bonchev–Trinajstić information content (AvgIpc) is 3.36. The number of nitrogens with two attached hydrogens (primary N) is 1. The van der Waals surface area contributed by atoms with Crippen LogP contribution in [-0.4, -0.2) is 34.7 Å². The Bertz CT molecular complexity index is 892. The first-order valence-corrected chi connectivity index (χ1v) is 9.56. The average molecular weight is 362 g/mol. The molecule has 0 aliphatic carbocycles. The molecular formula is C22H26N4O. The Morgan fingerprint density at radius 2 is 1.85 bits per heavy atom. The summed E-state index contributed by atoms with van der Waals surface area (Å²) in [6, 6.07) is 18.8. The second-order valence-corrected chi connectivity index (χ2v) is 7.41. The molecule has 4 rings (SSSR count). The first-order valence-electron chi connectivity index (χ1n) is 9.56. The van der Waals surface area contributed by atoms with Crippen LogP contribution in [0.2, 0.25) is 0 Å². The lowest BCUT2D eigenvalue weighted by Crippen LogP contribution is -2.26. The maximum absolute atomic E-state index is 6.08. The smallest absolute Gasteiger partial charge is 0.244 e. The molecule has 1 saturated heterocycles. The van der Waals surface area contributed by atoms with E-state index in [9.17, 15) is 0 Å². The highest BCUT2D eigenvalue weighted by Crippen LogP contribution is 2.36. The molecule has 1 aromatic heterocycles. The van der Waals surface area contributed by atoms with Gasteiger partial charge in [-0.15, -0.1) is 0 Å². The number of aryl methyl sites for hydroxylation is 1. The molecule has 5 nitrogen and oxygen atoms in total. The van der Waals surface area contributed by atoms with Crippen LogP contribution in [0.4, 0.5) is 0 Å². The van der Waals surface area contributed by atoms with Crippen molar-refractivity contribution in [3.8, 4) is 11.4 Å². The summed E-state index contributed by atoms with van der Waals surface area (Å²) < 4.78 is 5.62. The lowest BCUT2D eigenvalue weighted by Gasteiger charge is -2.21. The largest absolute Gasteiger partial charge is 0.337 e. The molecule has 0 radical (unpaired) electrons. The lowest BCUT2D eigenvalue weighted by atomic mass is 9.89. The van der Waals surface area contributed by atoms with Crippen LogP contribution in [0.3, 0.4) is 0 Å². The van der Waals surface area contributed by atoms with Gasteiger partial charge in [0, 0.05) is 24.6 Å². The summed E-state index contributed by atoms with van der Waals surface area (Å²) in [6.45, 7) is 6.77. The highest BCUT2D eigenvalue weighted by Gasteiger charge is 2.36. The summed E-state index contributed by atoms with van der Waals surface area (Å²) in [5, 5.41) is 4.22. The van der Waals surface area contributed by atoms with E-state index >= 15 is 0 Å². The van der Waals surface area contributed by atoms with Crippen LogP contribution in [-0.2, 0) is 0 Å². The molecule has 2 N–H and O–H groups in total. The Kier molecular flexibility index (Phi) is 5.05. The van der Waals surface area contributed by atoms with Gasteiger partial charge in [0.05, 0.1) is 6.04 Å². The summed E-state index contributed by atoms with van der Waals surface area (Å²) in [5.41, 5.74) is 9.60. The zero-order valence-corrected chi connectivity index (χ0v) is 15.9. The molecule has 27 heavy (non-hydrogen) atoms. The first kappa shape index (κ1) is 17.9. The predicted molar refractivity (Wildman–Crippen MR) is 106 cm³/mol. The number of hydrogen-bond acceptors (Lipinski definition) is 5. The lowest BCUT2D eigenvalue weighted by molar-refractivity contribution is 0.202. The summed E-state index contributed by atoms with van der Waals surface area (Å²) in [4.78, 5) is 7.09. The highest BCUT2D eigenvalue weighted by molar-refractivity contribution is 5.58. The quantitative estimate of drug-likeness (QED) is 0.748. The first-order chi connectivity index (χ1) is 13.2. The molecule has 0 spiro atoms. The van der Waals surface area contributed by atoms with Crippen LogP contribution in [0.5, 0.6) is 0 Å². The van der Waals surface area contributed by atoms with Crippen molar-refractivity contribution in [2.24, 2.45) is 11.7 Å². The molecule has 0 bridgehead atoms. The minimum Gasteiger partial charge on any atom is -0.337 e. The normalized spacial score (nSPS) is 21.4. The van der Waals surface area contributed by atoms with E-state index in [2.05, 4.69) is 65.3 Å². The van der Waals surface area contributed by atoms with Gasteiger partial charge in [0.25, 0.3) is 0 Å². The molecule has 5 heteroatoms. The summed E-state index contributed by atoms with van der Waals surface area (Å²) in [5.74, 6) is 2.20. The molecule has 0 saturated carbocycles. The van der Waals surface area contributed by atoms with Crippen LogP contribution in [0.25, 0.3) is 11.4 Å². The summed E-state index contributed by atoms with van der Waals surface area (Å²) >= 11 is 0. The topological polar surface area (TPSA) is 68.2 Å². The van der Waals surface area contributed by atoms with Gasteiger partial charge in [-0.2, -0.15) is 4.98 Å². The van der Waals surface area contributed by atoms with Crippen molar-refractivity contribution in [2.45, 2.75) is 25.8 Å². The fourth-order valence-electron chi connectivity index (χ4n) is 4.03. The summed E-state index contributed by atoms with van der Waals surface area (Å²) in [7, 11) is 0. The predicted octanol–water partition coefficient (Wildman–Crippen LogP) is 3.78. The van der Waals surface area contributed by atoms with E-state index in [1.54, 1.807) is 0 Å². The van der Waals surface area contributed by atoms with Gasteiger partial charge in [-0.05, 0) is 37.4 Å². The zero-order valence-electron chi connectivity index (χ0n) is 15.9. The SMILES string of the molecule is Cc1ccccc1-c1noc(C(C)N2C[C@@H](CN)[C@H](c3ccccc3)C2)n1. The maximum Gasteiger partial charge on any atom is 0.244 e. The Hall–Kier alpha value is -2.50. The fourth-order valence-corrected chi connectivity index (χ4v) is 4.03. The Balaban J connectivity index is 1.54. The van der Waals surface area contributed by atoms with Crippen molar-refractivity contribution in [2.75, 3.05) is 19.6 Å². The number of rotatable bonds is 5. The van der Waals surface area contributed by atoms with Gasteiger partial charge < -0.3 is 10.3 Å². The number of likely N-dealkylation sites (tertiary alicyclic amines) is 1. The van der Waals surface area contributed by atoms with E-state index in [0.717, 1.165) is 24.2 Å². The Labute approximate surface area is 160 Å². The monoisotopic (exact) mass is 362 g/mol.